The second kappa shape index (κ2) is 8.76. The minimum Gasteiger partial charge on any atom is -0.472 e. The van der Waals surface area contributed by atoms with Crippen molar-refractivity contribution in [3.63, 3.8) is 0 Å². The van der Waals surface area contributed by atoms with Crippen molar-refractivity contribution in [1.29, 1.82) is 0 Å². The van der Waals surface area contributed by atoms with Crippen LogP contribution in [-0.4, -0.2) is 58.8 Å². The van der Waals surface area contributed by atoms with Gasteiger partial charge in [0.1, 0.15) is 11.9 Å². The van der Waals surface area contributed by atoms with E-state index in [1.165, 1.54) is 18.6 Å². The predicted molar refractivity (Wildman–Crippen MR) is 133 cm³/mol. The van der Waals surface area contributed by atoms with Crippen LogP contribution in [0.3, 0.4) is 0 Å². The van der Waals surface area contributed by atoms with E-state index in [0.717, 1.165) is 14.0 Å². The van der Waals surface area contributed by atoms with E-state index < -0.39 is 75.8 Å². The number of fused-ring (bicyclic) bond motifs is 6. The number of cyclic esters (lactones) is 1. The lowest BCUT2D eigenvalue weighted by Crippen LogP contribution is -2.74. The third-order valence-electron chi connectivity index (χ3n) is 10.3. The van der Waals surface area contributed by atoms with E-state index in [4.69, 9.17) is 18.6 Å². The molecule has 0 amide bonds. The topological polar surface area (TPSA) is 150 Å². The molecular weight excluding hydrogens is 508 g/mol. The molecule has 0 saturated heterocycles. The molecule has 4 aliphatic rings. The van der Waals surface area contributed by atoms with E-state index >= 15 is 0 Å². The van der Waals surface area contributed by atoms with Gasteiger partial charge in [-0.2, -0.15) is 0 Å². The smallest absolute Gasteiger partial charge is 0.347 e. The molecule has 0 spiro atoms. The number of carbonyl (C=O) groups excluding carboxylic acids is 4. The van der Waals surface area contributed by atoms with Crippen LogP contribution in [0.4, 0.5) is 0 Å². The molecule has 2 heterocycles. The molecule has 2 bridgehead atoms. The maximum absolute atomic E-state index is 14.2. The minimum atomic E-state index is -1.69. The molecule has 2 N–H and O–H groups in total. The highest BCUT2D eigenvalue weighted by Crippen LogP contribution is 2.70. The summed E-state index contributed by atoms with van der Waals surface area (Å²) in [6, 6.07) is 1.71. The van der Waals surface area contributed by atoms with Crippen LogP contribution in [-0.2, 0) is 33.4 Å². The van der Waals surface area contributed by atoms with E-state index in [1.54, 1.807) is 26.8 Å². The molecule has 3 aliphatic carbocycles. The highest BCUT2D eigenvalue weighted by atomic mass is 16.6. The van der Waals surface area contributed by atoms with Gasteiger partial charge in [0, 0.05) is 47.1 Å². The largest absolute Gasteiger partial charge is 0.472 e. The number of rotatable bonds is 4. The fourth-order valence-electron chi connectivity index (χ4n) is 8.72. The second-order valence-electron chi connectivity index (χ2n) is 12.6. The van der Waals surface area contributed by atoms with Gasteiger partial charge in [0.15, 0.2) is 0 Å². The van der Waals surface area contributed by atoms with Gasteiger partial charge in [-0.05, 0) is 36.3 Å². The summed E-state index contributed by atoms with van der Waals surface area (Å²) in [5.41, 5.74) is -3.91. The van der Waals surface area contributed by atoms with Crippen LogP contribution in [0, 0.1) is 34.0 Å². The predicted octanol–water partition coefficient (Wildman–Crippen LogP) is 2.67. The van der Waals surface area contributed by atoms with E-state index in [1.807, 2.05) is 6.92 Å². The Bertz CT molecular complexity index is 1250. The first-order chi connectivity index (χ1) is 18.1. The Kier molecular flexibility index (Phi) is 6.20. The summed E-state index contributed by atoms with van der Waals surface area (Å²) in [6.07, 6.45) is 1.53. The zero-order chi connectivity index (χ0) is 28.7. The van der Waals surface area contributed by atoms with Crippen molar-refractivity contribution in [2.45, 2.75) is 77.8 Å². The number of ketones is 1. The summed E-state index contributed by atoms with van der Waals surface area (Å²) in [7, 11) is 1.16. The summed E-state index contributed by atoms with van der Waals surface area (Å²) in [5.74, 6) is -5.27. The van der Waals surface area contributed by atoms with Gasteiger partial charge in [0.25, 0.3) is 0 Å². The van der Waals surface area contributed by atoms with Crippen LogP contribution >= 0.6 is 0 Å². The van der Waals surface area contributed by atoms with Gasteiger partial charge in [0.05, 0.1) is 31.3 Å². The third-order valence-corrected chi connectivity index (χ3v) is 10.3. The molecule has 212 valence electrons. The molecule has 0 aromatic carbocycles. The van der Waals surface area contributed by atoms with Gasteiger partial charge in [0.2, 0.25) is 6.10 Å². The highest BCUT2D eigenvalue weighted by Gasteiger charge is 2.75. The Hall–Kier alpha value is -2.98. The number of carbonyl (C=O) groups is 4. The van der Waals surface area contributed by atoms with Crippen molar-refractivity contribution in [2.24, 2.45) is 34.0 Å². The van der Waals surface area contributed by atoms with Crippen molar-refractivity contribution in [1.82, 2.24) is 0 Å². The Balaban J connectivity index is 1.70. The number of aliphatic hydroxyl groups is 2. The lowest BCUT2D eigenvalue weighted by molar-refractivity contribution is -0.245. The number of aliphatic hydroxyl groups excluding tert-OH is 1. The molecule has 3 fully saturated rings. The average Bonchev–Trinajstić information content (AvgIpc) is 3.39. The number of hydrogen-bond donors (Lipinski definition) is 2. The zero-order valence-corrected chi connectivity index (χ0v) is 23.1. The number of Topliss-reactive ketones (excluding diaryl/α,β-unsaturated/α-hetero) is 1. The molecule has 5 rings (SSSR count). The molecule has 10 nitrogen and oxygen atoms in total. The Labute approximate surface area is 226 Å². The summed E-state index contributed by atoms with van der Waals surface area (Å²) in [6.45, 7) is 8.24. The SMILES string of the molecule is COC(=O)C(OC(C)=O)C1C(C)(C)C(O)C2CC3(O)C4=CC(=O)OC(c5ccoc5)C4(C)CCC3C1(C)C2=O. The first-order valence-corrected chi connectivity index (χ1v) is 13.3. The van der Waals surface area contributed by atoms with Crippen LogP contribution < -0.4 is 0 Å². The van der Waals surface area contributed by atoms with Crippen molar-refractivity contribution in [3.8, 4) is 0 Å². The zero-order valence-electron chi connectivity index (χ0n) is 23.1. The fraction of sp³-hybridized carbons (Fsp3) is 0.655. The molecule has 10 heteroatoms. The Morgan fingerprint density at radius 3 is 2.46 bits per heavy atom. The van der Waals surface area contributed by atoms with Crippen molar-refractivity contribution in [2.75, 3.05) is 7.11 Å². The van der Waals surface area contributed by atoms with E-state index in [0.29, 0.717) is 24.0 Å². The number of methoxy groups -OCH3 is 1. The Morgan fingerprint density at radius 1 is 1.18 bits per heavy atom. The molecule has 9 atom stereocenters. The number of ether oxygens (including phenoxy) is 3. The molecule has 1 aliphatic heterocycles. The van der Waals surface area contributed by atoms with E-state index in [9.17, 15) is 29.4 Å². The van der Waals surface area contributed by atoms with Gasteiger partial charge in [-0.1, -0.05) is 27.7 Å². The maximum Gasteiger partial charge on any atom is 0.347 e. The summed E-state index contributed by atoms with van der Waals surface area (Å²) in [4.78, 5) is 52.3. The molecule has 1 aromatic heterocycles. The van der Waals surface area contributed by atoms with Gasteiger partial charge < -0.3 is 28.8 Å². The molecule has 3 saturated carbocycles. The summed E-state index contributed by atoms with van der Waals surface area (Å²) < 4.78 is 21.5. The van der Waals surface area contributed by atoms with Gasteiger partial charge >= 0.3 is 17.9 Å². The molecular formula is C29H36O10. The van der Waals surface area contributed by atoms with Crippen LogP contribution in [0.5, 0.6) is 0 Å². The molecule has 39 heavy (non-hydrogen) atoms. The summed E-state index contributed by atoms with van der Waals surface area (Å²) >= 11 is 0. The molecule has 9 unspecified atom stereocenters. The lowest BCUT2D eigenvalue weighted by Gasteiger charge is -2.68. The normalized spacial score (nSPS) is 41.3. The van der Waals surface area contributed by atoms with Gasteiger partial charge in [-0.3, -0.25) is 9.59 Å². The molecule has 0 radical (unpaired) electrons. The average molecular weight is 545 g/mol. The highest BCUT2D eigenvalue weighted by molar-refractivity contribution is 5.93. The van der Waals surface area contributed by atoms with E-state index in [-0.39, 0.29) is 12.2 Å². The summed E-state index contributed by atoms with van der Waals surface area (Å²) in [5, 5.41) is 24.3. The number of furan rings is 1. The van der Waals surface area contributed by atoms with Crippen LogP contribution in [0.15, 0.2) is 34.7 Å². The lowest BCUT2D eigenvalue weighted by atomic mass is 9.37. The van der Waals surface area contributed by atoms with Crippen molar-refractivity contribution in [3.05, 3.63) is 35.8 Å². The standard InChI is InChI=1S/C29H36O10/c1-14(30)38-20(25(34)36-6)21-26(2,3)22(32)16-12-29(35)17(28(21,5)23(16)33)7-9-27(4)18(29)11-19(31)39-24(27)15-8-10-37-13-15/h8,10-11,13,16-17,20-22,24,32,35H,7,9,12H2,1-6H3. The first kappa shape index (κ1) is 27.6. The third kappa shape index (κ3) is 3.60. The van der Waals surface area contributed by atoms with Crippen molar-refractivity contribution < 1.29 is 48.0 Å². The van der Waals surface area contributed by atoms with Crippen LogP contribution in [0.1, 0.15) is 65.5 Å². The monoisotopic (exact) mass is 544 g/mol. The maximum atomic E-state index is 14.2. The number of esters is 3. The fourth-order valence-corrected chi connectivity index (χ4v) is 8.72. The quantitative estimate of drug-likeness (QED) is 0.428. The van der Waals surface area contributed by atoms with Gasteiger partial charge in [-0.25, -0.2) is 9.59 Å². The van der Waals surface area contributed by atoms with E-state index in [2.05, 4.69) is 0 Å². The number of hydrogen-bond acceptors (Lipinski definition) is 10. The second-order valence-corrected chi connectivity index (χ2v) is 12.6. The Morgan fingerprint density at radius 2 is 1.87 bits per heavy atom. The minimum absolute atomic E-state index is 0.0906. The molecule has 1 aromatic rings. The van der Waals surface area contributed by atoms with Crippen LogP contribution in [0.25, 0.3) is 0 Å². The van der Waals surface area contributed by atoms with Crippen molar-refractivity contribution >= 4 is 23.7 Å². The first-order valence-electron chi connectivity index (χ1n) is 13.3. The van der Waals surface area contributed by atoms with Crippen LogP contribution in [0.2, 0.25) is 0 Å². The van der Waals surface area contributed by atoms with Gasteiger partial charge in [-0.15, -0.1) is 0 Å².